The van der Waals surface area contributed by atoms with Crippen LogP contribution in [-0.2, 0) is 16.1 Å². The van der Waals surface area contributed by atoms with Gasteiger partial charge in [0.15, 0.2) is 5.76 Å². The van der Waals surface area contributed by atoms with Crippen molar-refractivity contribution in [3.8, 4) is 17.1 Å². The number of ether oxygens (including phenoxy) is 2. The largest absolute Gasteiger partial charge is 0.497 e. The molecule has 0 atom stereocenters. The highest BCUT2D eigenvalue weighted by atomic mass is 16.5. The van der Waals surface area contributed by atoms with Gasteiger partial charge < -0.3 is 19.3 Å². The fourth-order valence-corrected chi connectivity index (χ4v) is 2.39. The monoisotopic (exact) mass is 366 g/mol. The second-order valence-corrected chi connectivity index (χ2v) is 5.75. The quantitative estimate of drug-likeness (QED) is 0.670. The molecule has 0 radical (unpaired) electrons. The lowest BCUT2D eigenvalue weighted by atomic mass is 10.1. The summed E-state index contributed by atoms with van der Waals surface area (Å²) >= 11 is 0. The van der Waals surface area contributed by atoms with Crippen molar-refractivity contribution in [2.75, 3.05) is 12.4 Å². The van der Waals surface area contributed by atoms with E-state index in [4.69, 9.17) is 14.0 Å². The molecule has 0 unspecified atom stereocenters. The summed E-state index contributed by atoms with van der Waals surface area (Å²) in [4.78, 5) is 23.1. The van der Waals surface area contributed by atoms with Crippen LogP contribution in [0.15, 0.2) is 59.1 Å². The fraction of sp³-hybridized carbons (Fsp3) is 0.150. The first kappa shape index (κ1) is 18.2. The minimum Gasteiger partial charge on any atom is -0.497 e. The van der Waals surface area contributed by atoms with E-state index in [1.165, 1.54) is 6.92 Å². The Morgan fingerprint density at radius 3 is 2.41 bits per heavy atom. The van der Waals surface area contributed by atoms with Crippen LogP contribution < -0.4 is 10.1 Å². The van der Waals surface area contributed by atoms with E-state index in [1.807, 2.05) is 24.3 Å². The van der Waals surface area contributed by atoms with Crippen LogP contribution in [0.3, 0.4) is 0 Å². The number of benzene rings is 2. The smallest absolute Gasteiger partial charge is 0.338 e. The summed E-state index contributed by atoms with van der Waals surface area (Å²) in [7, 11) is 1.60. The zero-order chi connectivity index (χ0) is 19.2. The number of carbonyl (C=O) groups is 2. The van der Waals surface area contributed by atoms with Crippen LogP contribution in [-0.4, -0.2) is 24.1 Å². The van der Waals surface area contributed by atoms with Gasteiger partial charge in [0.2, 0.25) is 5.91 Å². The average Bonchev–Trinajstić information content (AvgIpc) is 3.15. The van der Waals surface area contributed by atoms with Crippen molar-refractivity contribution in [3.05, 3.63) is 65.9 Å². The first-order valence-corrected chi connectivity index (χ1v) is 8.20. The maximum Gasteiger partial charge on any atom is 0.338 e. The number of anilines is 1. The zero-order valence-electron chi connectivity index (χ0n) is 14.9. The second kappa shape index (κ2) is 8.18. The number of amides is 1. The number of carbonyl (C=O) groups excluding carboxylic acids is 2. The maximum atomic E-state index is 12.1. The van der Waals surface area contributed by atoms with Gasteiger partial charge in [0, 0.05) is 24.2 Å². The highest BCUT2D eigenvalue weighted by Gasteiger charge is 2.11. The molecule has 2 aromatic carbocycles. The van der Waals surface area contributed by atoms with Gasteiger partial charge >= 0.3 is 5.97 Å². The number of esters is 1. The Kier molecular flexibility index (Phi) is 5.51. The number of nitrogens with one attached hydrogen (secondary N) is 1. The van der Waals surface area contributed by atoms with Gasteiger partial charge in [-0.3, -0.25) is 4.79 Å². The zero-order valence-corrected chi connectivity index (χ0v) is 14.9. The summed E-state index contributed by atoms with van der Waals surface area (Å²) < 4.78 is 15.7. The first-order chi connectivity index (χ1) is 13.0. The van der Waals surface area contributed by atoms with Crippen LogP contribution in [0.5, 0.6) is 5.75 Å². The highest BCUT2D eigenvalue weighted by Crippen LogP contribution is 2.23. The molecule has 1 heterocycles. The minimum atomic E-state index is -0.488. The summed E-state index contributed by atoms with van der Waals surface area (Å²) in [6.07, 6.45) is 0. The summed E-state index contributed by atoms with van der Waals surface area (Å²) in [6, 6.07) is 15.5. The van der Waals surface area contributed by atoms with E-state index >= 15 is 0 Å². The number of aromatic nitrogens is 1. The topological polar surface area (TPSA) is 90.7 Å². The molecule has 3 aromatic rings. The number of hydrogen-bond donors (Lipinski definition) is 1. The molecule has 1 aromatic heterocycles. The van der Waals surface area contributed by atoms with Crippen molar-refractivity contribution in [2.45, 2.75) is 13.5 Å². The van der Waals surface area contributed by atoms with E-state index in [9.17, 15) is 9.59 Å². The van der Waals surface area contributed by atoms with Gasteiger partial charge in [0.05, 0.1) is 12.7 Å². The minimum absolute atomic E-state index is 0.00800. The molecular weight excluding hydrogens is 348 g/mol. The van der Waals surface area contributed by atoms with Crippen molar-refractivity contribution in [1.82, 2.24) is 5.16 Å². The molecule has 7 nitrogen and oxygen atoms in total. The van der Waals surface area contributed by atoms with Crippen molar-refractivity contribution in [3.63, 3.8) is 0 Å². The highest BCUT2D eigenvalue weighted by molar-refractivity contribution is 5.92. The number of hydrogen-bond acceptors (Lipinski definition) is 6. The standard InChI is InChI=1S/C20H18N2O5/c1-13(23)21-16-7-3-15(4-8-16)20(24)26-12-17-11-19(27-22-17)14-5-9-18(25-2)10-6-14/h3-11H,12H2,1-2H3,(H,21,23). The predicted octanol–water partition coefficient (Wildman–Crippen LogP) is 3.67. The lowest BCUT2D eigenvalue weighted by molar-refractivity contribution is -0.114. The van der Waals surface area contributed by atoms with Crippen molar-refractivity contribution in [1.29, 1.82) is 0 Å². The molecule has 0 bridgehead atoms. The predicted molar refractivity (Wildman–Crippen MR) is 98.4 cm³/mol. The molecule has 3 rings (SSSR count). The van der Waals surface area contributed by atoms with E-state index < -0.39 is 5.97 Å². The molecule has 0 aliphatic heterocycles. The molecule has 1 amide bonds. The molecular formula is C20H18N2O5. The third-order valence-electron chi connectivity index (χ3n) is 3.73. The Morgan fingerprint density at radius 1 is 1.07 bits per heavy atom. The number of nitrogens with zero attached hydrogens (tertiary/aromatic N) is 1. The van der Waals surface area contributed by atoms with E-state index in [1.54, 1.807) is 37.4 Å². The van der Waals surface area contributed by atoms with E-state index in [0.717, 1.165) is 11.3 Å². The summed E-state index contributed by atoms with van der Waals surface area (Å²) in [5.41, 5.74) is 2.33. The van der Waals surface area contributed by atoms with Crippen LogP contribution in [0.1, 0.15) is 23.0 Å². The molecule has 27 heavy (non-hydrogen) atoms. The lowest BCUT2D eigenvalue weighted by Crippen LogP contribution is -2.07. The van der Waals surface area contributed by atoms with Crippen LogP contribution in [0.4, 0.5) is 5.69 Å². The van der Waals surface area contributed by atoms with Crippen LogP contribution in [0.2, 0.25) is 0 Å². The van der Waals surface area contributed by atoms with E-state index in [0.29, 0.717) is 22.7 Å². The summed E-state index contributed by atoms with van der Waals surface area (Å²) in [5, 5.41) is 6.55. The van der Waals surface area contributed by atoms with Gasteiger partial charge in [0.1, 0.15) is 18.1 Å². The van der Waals surface area contributed by atoms with Gasteiger partial charge in [-0.2, -0.15) is 0 Å². The van der Waals surface area contributed by atoms with E-state index in [-0.39, 0.29) is 12.5 Å². The average molecular weight is 366 g/mol. The molecule has 7 heteroatoms. The SMILES string of the molecule is COc1ccc(-c2cc(COC(=O)c3ccc(NC(C)=O)cc3)no2)cc1. The van der Waals surface area contributed by atoms with Gasteiger partial charge in [-0.1, -0.05) is 5.16 Å². The summed E-state index contributed by atoms with van der Waals surface area (Å²) in [6.45, 7) is 1.41. The van der Waals surface area contributed by atoms with Crippen molar-refractivity contribution >= 4 is 17.6 Å². The van der Waals surface area contributed by atoms with Crippen molar-refractivity contribution < 1.29 is 23.6 Å². The fourth-order valence-electron chi connectivity index (χ4n) is 2.39. The van der Waals surface area contributed by atoms with Gasteiger partial charge in [-0.05, 0) is 48.5 Å². The van der Waals surface area contributed by atoms with Crippen LogP contribution in [0, 0.1) is 0 Å². The summed E-state index contributed by atoms with van der Waals surface area (Å²) in [5.74, 6) is 0.655. The second-order valence-electron chi connectivity index (χ2n) is 5.75. The molecule has 0 saturated carbocycles. The number of methoxy groups -OCH3 is 1. The molecule has 1 N–H and O–H groups in total. The van der Waals surface area contributed by atoms with Gasteiger partial charge in [-0.15, -0.1) is 0 Å². The molecule has 0 saturated heterocycles. The molecule has 0 spiro atoms. The Hall–Kier alpha value is -3.61. The van der Waals surface area contributed by atoms with Gasteiger partial charge in [0.25, 0.3) is 0 Å². The number of rotatable bonds is 6. The Balaban J connectivity index is 1.59. The van der Waals surface area contributed by atoms with Gasteiger partial charge in [-0.25, -0.2) is 4.79 Å². The third kappa shape index (κ3) is 4.72. The Bertz CT molecular complexity index is 930. The molecule has 0 aliphatic rings. The lowest BCUT2D eigenvalue weighted by Gasteiger charge is -2.04. The third-order valence-corrected chi connectivity index (χ3v) is 3.73. The first-order valence-electron chi connectivity index (χ1n) is 8.20. The normalized spacial score (nSPS) is 10.3. The molecule has 138 valence electrons. The van der Waals surface area contributed by atoms with E-state index in [2.05, 4.69) is 10.5 Å². The van der Waals surface area contributed by atoms with Crippen molar-refractivity contribution in [2.24, 2.45) is 0 Å². The molecule has 0 aliphatic carbocycles. The molecule has 0 fully saturated rings. The van der Waals surface area contributed by atoms with Crippen LogP contribution >= 0.6 is 0 Å². The maximum absolute atomic E-state index is 12.1. The van der Waals surface area contributed by atoms with Crippen LogP contribution in [0.25, 0.3) is 11.3 Å². The Morgan fingerprint density at radius 2 is 1.78 bits per heavy atom. The Labute approximate surface area is 155 Å².